The van der Waals surface area contributed by atoms with Gasteiger partial charge in [-0.05, 0) is 29.7 Å². The second-order valence-electron chi connectivity index (χ2n) is 3.51. The van der Waals surface area contributed by atoms with E-state index in [1.807, 2.05) is 36.6 Å². The van der Waals surface area contributed by atoms with E-state index in [9.17, 15) is 4.79 Å². The highest BCUT2D eigenvalue weighted by molar-refractivity contribution is 8.06. The van der Waals surface area contributed by atoms with E-state index >= 15 is 0 Å². The molecule has 0 aliphatic rings. The molecule has 1 rings (SSSR count). The number of thiocyanates is 1. The summed E-state index contributed by atoms with van der Waals surface area (Å²) in [6.07, 6.45) is 0.474. The molecule has 0 atom stereocenters. The maximum Gasteiger partial charge on any atom is 0.334 e. The van der Waals surface area contributed by atoms with Gasteiger partial charge in [0.05, 0.1) is 7.11 Å². The van der Waals surface area contributed by atoms with Gasteiger partial charge in [0.2, 0.25) is 0 Å². The Morgan fingerprint density at radius 3 is 2.65 bits per heavy atom. The topological polar surface area (TPSA) is 50.1 Å². The van der Waals surface area contributed by atoms with Gasteiger partial charge in [-0.1, -0.05) is 29.8 Å². The number of thioether (sulfide) groups is 1. The molecule has 17 heavy (non-hydrogen) atoms. The third kappa shape index (κ3) is 4.33. The number of nitrogens with zero attached hydrogens (tertiary/aromatic N) is 1. The average molecular weight is 247 g/mol. The van der Waals surface area contributed by atoms with Gasteiger partial charge in [-0.3, -0.25) is 0 Å². The minimum Gasteiger partial charge on any atom is -0.466 e. The van der Waals surface area contributed by atoms with Crippen LogP contribution in [0, 0.1) is 17.6 Å². The van der Waals surface area contributed by atoms with Crippen LogP contribution in [0.25, 0.3) is 0 Å². The number of aryl methyl sites for hydroxylation is 1. The summed E-state index contributed by atoms with van der Waals surface area (Å²) in [5, 5.41) is 11.9. The summed E-state index contributed by atoms with van der Waals surface area (Å²) in [4.78, 5) is 11.5. The third-order valence-corrected chi connectivity index (χ3v) is 2.72. The lowest BCUT2D eigenvalue weighted by atomic mass is 10.1. The first-order chi connectivity index (χ1) is 8.17. The fourth-order valence-electron chi connectivity index (χ4n) is 1.32. The van der Waals surface area contributed by atoms with Gasteiger partial charge in [0.1, 0.15) is 5.40 Å². The molecule has 1 aromatic rings. The van der Waals surface area contributed by atoms with E-state index in [2.05, 4.69) is 4.74 Å². The first kappa shape index (κ1) is 13.3. The highest BCUT2D eigenvalue weighted by Gasteiger charge is 2.10. The molecule has 0 saturated heterocycles. The number of carbonyl (C=O) groups is 1. The third-order valence-electron chi connectivity index (χ3n) is 2.22. The van der Waals surface area contributed by atoms with Crippen molar-refractivity contribution in [2.75, 3.05) is 7.11 Å². The molecule has 0 aromatic heterocycles. The fraction of sp³-hybridized carbons (Fsp3) is 0.231. The summed E-state index contributed by atoms with van der Waals surface area (Å²) >= 11 is 0.925. The molecule has 1 aromatic carbocycles. The number of nitriles is 1. The number of ether oxygens (including phenoxy) is 1. The van der Waals surface area contributed by atoms with Crippen molar-refractivity contribution in [3.63, 3.8) is 0 Å². The van der Waals surface area contributed by atoms with E-state index in [-0.39, 0.29) is 0 Å². The summed E-state index contributed by atoms with van der Waals surface area (Å²) in [7, 11) is 1.34. The van der Waals surface area contributed by atoms with Crippen molar-refractivity contribution in [2.45, 2.75) is 13.3 Å². The van der Waals surface area contributed by atoms with Gasteiger partial charge in [0.15, 0.2) is 0 Å². The Hall–Kier alpha value is -1.73. The summed E-state index contributed by atoms with van der Waals surface area (Å²) < 4.78 is 4.68. The number of hydrogen-bond donors (Lipinski definition) is 0. The smallest absolute Gasteiger partial charge is 0.334 e. The van der Waals surface area contributed by atoms with E-state index < -0.39 is 5.97 Å². The van der Waals surface area contributed by atoms with Gasteiger partial charge < -0.3 is 4.74 Å². The minimum absolute atomic E-state index is 0.395. The normalized spacial score (nSPS) is 10.8. The van der Waals surface area contributed by atoms with Crippen LogP contribution >= 0.6 is 11.8 Å². The molecule has 4 heteroatoms. The Kier molecular flexibility index (Phi) is 5.31. The predicted molar refractivity (Wildman–Crippen MR) is 68.2 cm³/mol. The molecule has 0 heterocycles. The molecule has 88 valence electrons. The largest absolute Gasteiger partial charge is 0.466 e. The highest BCUT2D eigenvalue weighted by atomic mass is 32.2. The maximum absolute atomic E-state index is 11.5. The highest BCUT2D eigenvalue weighted by Crippen LogP contribution is 2.14. The molecule has 3 nitrogen and oxygen atoms in total. The van der Waals surface area contributed by atoms with E-state index in [0.29, 0.717) is 12.0 Å². The molecule has 0 spiro atoms. The molecule has 0 amide bonds. The first-order valence-corrected chi connectivity index (χ1v) is 5.93. The Morgan fingerprint density at radius 2 is 2.12 bits per heavy atom. The zero-order valence-electron chi connectivity index (χ0n) is 9.77. The van der Waals surface area contributed by atoms with Crippen molar-refractivity contribution in [1.82, 2.24) is 0 Å². The Balaban J connectivity index is 2.83. The van der Waals surface area contributed by atoms with Gasteiger partial charge >= 0.3 is 5.97 Å². The van der Waals surface area contributed by atoms with Crippen LogP contribution in [0.4, 0.5) is 0 Å². The second kappa shape index (κ2) is 6.77. The minimum atomic E-state index is -0.395. The van der Waals surface area contributed by atoms with Gasteiger partial charge in [0.25, 0.3) is 0 Å². The first-order valence-electron chi connectivity index (χ1n) is 5.05. The number of hydrogen-bond acceptors (Lipinski definition) is 4. The molecule has 0 unspecified atom stereocenters. The van der Waals surface area contributed by atoms with Crippen molar-refractivity contribution in [3.05, 3.63) is 46.4 Å². The van der Waals surface area contributed by atoms with Crippen molar-refractivity contribution in [3.8, 4) is 5.40 Å². The quantitative estimate of drug-likeness (QED) is 0.466. The predicted octanol–water partition coefficient (Wildman–Crippen LogP) is 2.81. The van der Waals surface area contributed by atoms with Gasteiger partial charge in [-0.25, -0.2) is 4.79 Å². The van der Waals surface area contributed by atoms with E-state index in [0.717, 1.165) is 17.3 Å². The zero-order chi connectivity index (χ0) is 12.7. The van der Waals surface area contributed by atoms with Crippen molar-refractivity contribution < 1.29 is 9.53 Å². The Labute approximate surface area is 105 Å². The van der Waals surface area contributed by atoms with Gasteiger partial charge in [-0.15, -0.1) is 0 Å². The number of carbonyl (C=O) groups excluding carboxylic acids is 1. The molecule has 0 fully saturated rings. The van der Waals surface area contributed by atoms with Crippen LogP contribution < -0.4 is 0 Å². The summed E-state index contributed by atoms with van der Waals surface area (Å²) in [5.41, 5.74) is 2.68. The van der Waals surface area contributed by atoms with Crippen LogP contribution in [-0.2, 0) is 16.0 Å². The number of rotatable bonds is 4. The SMILES string of the molecule is COC(=O)/C(=C/SC#N)Cc1ccc(C)cc1. The zero-order valence-corrected chi connectivity index (χ0v) is 10.6. The molecule has 0 N–H and O–H groups in total. The van der Waals surface area contributed by atoms with Gasteiger partial charge in [-0.2, -0.15) is 5.26 Å². The molecule has 0 aliphatic heterocycles. The van der Waals surface area contributed by atoms with Crippen molar-refractivity contribution >= 4 is 17.7 Å². The standard InChI is InChI=1S/C13H13NO2S/c1-10-3-5-11(6-4-10)7-12(8-17-9-14)13(15)16-2/h3-6,8H,7H2,1-2H3/b12-8+. The summed E-state index contributed by atoms with van der Waals surface area (Å²) in [6, 6.07) is 7.90. The van der Waals surface area contributed by atoms with Crippen molar-refractivity contribution in [1.29, 1.82) is 5.26 Å². The molecule has 0 aliphatic carbocycles. The van der Waals surface area contributed by atoms with E-state index in [1.54, 1.807) is 0 Å². The molecular formula is C13H13NO2S. The lowest BCUT2D eigenvalue weighted by Gasteiger charge is -2.05. The molecule has 0 bridgehead atoms. The van der Waals surface area contributed by atoms with Crippen LogP contribution in [-0.4, -0.2) is 13.1 Å². The average Bonchev–Trinajstić information content (AvgIpc) is 2.36. The lowest BCUT2D eigenvalue weighted by molar-refractivity contribution is -0.136. The molecular weight excluding hydrogens is 234 g/mol. The van der Waals surface area contributed by atoms with Crippen LogP contribution in [0.3, 0.4) is 0 Å². The number of esters is 1. The van der Waals surface area contributed by atoms with Gasteiger partial charge in [0, 0.05) is 12.0 Å². The monoisotopic (exact) mass is 247 g/mol. The van der Waals surface area contributed by atoms with Crippen LogP contribution in [0.15, 0.2) is 35.2 Å². The van der Waals surface area contributed by atoms with E-state index in [4.69, 9.17) is 5.26 Å². The Morgan fingerprint density at radius 1 is 1.47 bits per heavy atom. The van der Waals surface area contributed by atoms with Crippen LogP contribution in [0.1, 0.15) is 11.1 Å². The fourth-order valence-corrected chi connectivity index (χ4v) is 1.69. The number of methoxy groups -OCH3 is 1. The number of benzene rings is 1. The Bertz CT molecular complexity index is 457. The van der Waals surface area contributed by atoms with Crippen LogP contribution in [0.2, 0.25) is 0 Å². The lowest BCUT2D eigenvalue weighted by Crippen LogP contribution is -2.07. The summed E-state index contributed by atoms with van der Waals surface area (Å²) in [5.74, 6) is -0.395. The second-order valence-corrected chi connectivity index (χ2v) is 4.16. The van der Waals surface area contributed by atoms with Crippen molar-refractivity contribution in [2.24, 2.45) is 0 Å². The van der Waals surface area contributed by atoms with Crippen LogP contribution in [0.5, 0.6) is 0 Å². The molecule has 0 radical (unpaired) electrons. The van der Waals surface area contributed by atoms with E-state index in [1.165, 1.54) is 18.1 Å². The summed E-state index contributed by atoms with van der Waals surface area (Å²) in [6.45, 7) is 2.01. The molecule has 0 saturated carbocycles. The maximum atomic E-state index is 11.5.